The molecule has 0 atom stereocenters. The number of thiol groups is 1. The number of rotatable bonds is 4. The van der Waals surface area contributed by atoms with Crippen molar-refractivity contribution < 1.29 is 9.53 Å². The number of amides is 1. The van der Waals surface area contributed by atoms with E-state index in [1.165, 1.54) is 12.4 Å². The molecule has 2 heterocycles. The minimum absolute atomic E-state index is 0.286. The molecule has 2 aromatic heterocycles. The Hall–Kier alpha value is -2.63. The zero-order valence-electron chi connectivity index (χ0n) is 12.4. The van der Waals surface area contributed by atoms with Crippen LogP contribution >= 0.6 is 24.0 Å². The van der Waals surface area contributed by atoms with Crippen molar-refractivity contribution in [3.63, 3.8) is 0 Å². The van der Waals surface area contributed by atoms with Crippen molar-refractivity contribution in [1.29, 1.82) is 10.7 Å². The molecule has 0 unspecified atom stereocenters. The lowest BCUT2D eigenvalue weighted by molar-refractivity contribution is 0.100. The van der Waals surface area contributed by atoms with Crippen LogP contribution in [0.4, 0.5) is 0 Å². The first-order valence-electron chi connectivity index (χ1n) is 6.97. The topological polar surface area (TPSA) is 113 Å². The van der Waals surface area contributed by atoms with E-state index in [1.54, 1.807) is 12.1 Å². The number of hydrogen-bond acceptors (Lipinski definition) is 7. The summed E-state index contributed by atoms with van der Waals surface area (Å²) in [5.74, 6) is -0.0688. The van der Waals surface area contributed by atoms with Crippen LogP contribution in [-0.4, -0.2) is 17.1 Å². The van der Waals surface area contributed by atoms with E-state index in [-0.39, 0.29) is 5.69 Å². The molecule has 1 aliphatic rings. The summed E-state index contributed by atoms with van der Waals surface area (Å²) >= 11 is 5.67. The summed E-state index contributed by atoms with van der Waals surface area (Å²) in [5, 5.41) is 16.8. The van der Waals surface area contributed by atoms with Crippen LogP contribution in [0.2, 0.25) is 0 Å². The maximum Gasteiger partial charge on any atom is 0.259 e. The van der Waals surface area contributed by atoms with E-state index in [2.05, 4.69) is 17.6 Å². The summed E-state index contributed by atoms with van der Waals surface area (Å²) in [5.41, 5.74) is 8.05. The molecule has 8 heteroatoms. The van der Waals surface area contributed by atoms with Crippen LogP contribution in [0.1, 0.15) is 32.9 Å². The van der Waals surface area contributed by atoms with Crippen LogP contribution in [-0.2, 0) is 6.42 Å². The number of ether oxygens (including phenoxy) is 1. The van der Waals surface area contributed by atoms with Gasteiger partial charge in [-0.25, -0.2) is 4.98 Å². The number of thiophene rings is 1. The van der Waals surface area contributed by atoms with Crippen molar-refractivity contribution in [2.45, 2.75) is 12.8 Å². The molecule has 0 aromatic carbocycles. The van der Waals surface area contributed by atoms with E-state index in [0.29, 0.717) is 39.0 Å². The SMILES string of the molecule is N#Cc1ccc(Oc2sc(C(N)=O)c3c2C(S)=C(C=N)CC3)cn1. The van der Waals surface area contributed by atoms with Gasteiger partial charge in [-0.1, -0.05) is 11.3 Å². The highest BCUT2D eigenvalue weighted by Crippen LogP contribution is 2.47. The molecular weight excluding hydrogens is 344 g/mol. The van der Waals surface area contributed by atoms with Crippen molar-refractivity contribution in [3.05, 3.63) is 45.6 Å². The Morgan fingerprint density at radius 1 is 1.50 bits per heavy atom. The molecule has 0 saturated carbocycles. The fourth-order valence-electron chi connectivity index (χ4n) is 2.48. The molecule has 3 N–H and O–H groups in total. The number of nitrogens with two attached hydrogens (primary N) is 1. The number of nitrogens with zero attached hydrogens (tertiary/aromatic N) is 2. The molecule has 0 fully saturated rings. The van der Waals surface area contributed by atoms with E-state index in [0.717, 1.165) is 22.5 Å². The predicted molar refractivity (Wildman–Crippen MR) is 94.9 cm³/mol. The Labute approximate surface area is 147 Å². The van der Waals surface area contributed by atoms with E-state index >= 15 is 0 Å². The third-order valence-corrected chi connectivity index (χ3v) is 5.25. The Morgan fingerprint density at radius 3 is 2.88 bits per heavy atom. The Balaban J connectivity index is 2.08. The highest BCUT2D eigenvalue weighted by Gasteiger charge is 2.28. The van der Waals surface area contributed by atoms with Crippen LogP contribution < -0.4 is 10.5 Å². The lowest BCUT2D eigenvalue weighted by atomic mass is 9.93. The van der Waals surface area contributed by atoms with Gasteiger partial charge in [0.2, 0.25) is 0 Å². The van der Waals surface area contributed by atoms with Crippen molar-refractivity contribution >= 4 is 41.0 Å². The molecule has 0 aliphatic heterocycles. The molecule has 0 spiro atoms. The number of aromatic nitrogens is 1. The van der Waals surface area contributed by atoms with Gasteiger partial charge in [0.15, 0.2) is 5.06 Å². The van der Waals surface area contributed by atoms with Crippen molar-refractivity contribution in [2.75, 3.05) is 0 Å². The zero-order chi connectivity index (χ0) is 17.3. The lowest BCUT2D eigenvalue weighted by Gasteiger charge is -2.16. The quantitative estimate of drug-likeness (QED) is 0.577. The van der Waals surface area contributed by atoms with E-state index in [9.17, 15) is 4.79 Å². The maximum atomic E-state index is 11.7. The number of nitriles is 1. The minimum atomic E-state index is -0.511. The molecule has 1 amide bonds. The molecule has 0 bridgehead atoms. The summed E-state index contributed by atoms with van der Waals surface area (Å²) in [6, 6.07) is 5.11. The summed E-state index contributed by atoms with van der Waals surface area (Å²) in [7, 11) is 0. The van der Waals surface area contributed by atoms with E-state index < -0.39 is 5.91 Å². The van der Waals surface area contributed by atoms with Gasteiger partial charge in [0.25, 0.3) is 5.91 Å². The standard InChI is InChI=1S/C16H12N4O2S2/c17-5-8-1-4-11-12(13(8)23)16(24-14(11)15(19)21)22-10-3-2-9(6-18)20-7-10/h2-3,5,7,17,23H,1,4H2,(H2,19,21). The predicted octanol–water partition coefficient (Wildman–Crippen LogP) is 3.14. The highest BCUT2D eigenvalue weighted by molar-refractivity contribution is 7.90. The van der Waals surface area contributed by atoms with Crippen molar-refractivity contribution in [1.82, 2.24) is 4.98 Å². The monoisotopic (exact) mass is 356 g/mol. The van der Waals surface area contributed by atoms with Gasteiger partial charge in [0, 0.05) is 16.7 Å². The molecule has 24 heavy (non-hydrogen) atoms. The first-order chi connectivity index (χ1) is 11.5. The van der Waals surface area contributed by atoms with Crippen LogP contribution in [0.15, 0.2) is 23.9 Å². The van der Waals surface area contributed by atoms with Gasteiger partial charge in [-0.15, -0.1) is 12.6 Å². The van der Waals surface area contributed by atoms with Gasteiger partial charge in [-0.05, 0) is 36.1 Å². The number of fused-ring (bicyclic) bond motifs is 1. The van der Waals surface area contributed by atoms with Gasteiger partial charge >= 0.3 is 0 Å². The lowest BCUT2D eigenvalue weighted by Crippen LogP contribution is -2.13. The zero-order valence-corrected chi connectivity index (χ0v) is 14.1. The van der Waals surface area contributed by atoms with Crippen LogP contribution in [0.25, 0.3) is 4.91 Å². The first-order valence-corrected chi connectivity index (χ1v) is 8.24. The third-order valence-electron chi connectivity index (χ3n) is 3.62. The second-order valence-corrected chi connectivity index (χ2v) is 6.48. The van der Waals surface area contributed by atoms with Gasteiger partial charge in [-0.3, -0.25) is 4.79 Å². The van der Waals surface area contributed by atoms with E-state index in [1.807, 2.05) is 6.07 Å². The van der Waals surface area contributed by atoms with Crippen LogP contribution in [0, 0.1) is 16.7 Å². The molecule has 2 aromatic rings. The molecule has 120 valence electrons. The number of nitrogens with one attached hydrogen (secondary N) is 1. The minimum Gasteiger partial charge on any atom is -0.444 e. The van der Waals surface area contributed by atoms with Gasteiger partial charge in [-0.2, -0.15) is 5.26 Å². The Morgan fingerprint density at radius 2 is 2.29 bits per heavy atom. The number of primary amides is 1. The Bertz CT molecular complexity index is 907. The molecule has 0 saturated heterocycles. The average Bonchev–Trinajstić information content (AvgIpc) is 2.95. The van der Waals surface area contributed by atoms with Crippen LogP contribution in [0.5, 0.6) is 10.8 Å². The second-order valence-electron chi connectivity index (χ2n) is 5.05. The largest absolute Gasteiger partial charge is 0.444 e. The smallest absolute Gasteiger partial charge is 0.259 e. The summed E-state index contributed by atoms with van der Waals surface area (Å²) in [4.78, 5) is 16.7. The number of pyridine rings is 1. The average molecular weight is 356 g/mol. The molecule has 1 aliphatic carbocycles. The second kappa shape index (κ2) is 6.47. The first kappa shape index (κ1) is 16.2. The third kappa shape index (κ3) is 2.79. The molecule has 3 rings (SSSR count). The summed E-state index contributed by atoms with van der Waals surface area (Å²) in [6.45, 7) is 0. The number of hydrogen-bond donors (Lipinski definition) is 3. The van der Waals surface area contributed by atoms with Gasteiger partial charge < -0.3 is 15.9 Å². The van der Waals surface area contributed by atoms with Gasteiger partial charge in [0.05, 0.1) is 11.1 Å². The fraction of sp³-hybridized carbons (Fsp3) is 0.125. The summed E-state index contributed by atoms with van der Waals surface area (Å²) in [6.07, 6.45) is 3.94. The number of allylic oxidation sites excluding steroid dienone is 1. The van der Waals surface area contributed by atoms with E-state index in [4.69, 9.17) is 21.1 Å². The molecule has 6 nitrogen and oxygen atoms in total. The summed E-state index contributed by atoms with van der Waals surface area (Å²) < 4.78 is 5.85. The van der Waals surface area contributed by atoms with Crippen LogP contribution in [0.3, 0.4) is 0 Å². The molecular formula is C16H12N4O2S2. The number of carbonyl (C=O) groups is 1. The van der Waals surface area contributed by atoms with Crippen molar-refractivity contribution in [2.24, 2.45) is 5.73 Å². The normalized spacial score (nSPS) is 13.2. The maximum absolute atomic E-state index is 11.7. The Kier molecular flexibility index (Phi) is 4.38. The fourth-order valence-corrected chi connectivity index (χ4v) is 4.05. The van der Waals surface area contributed by atoms with Gasteiger partial charge in [0.1, 0.15) is 17.5 Å². The number of carbonyl (C=O) groups excluding carboxylic acids is 1. The highest BCUT2D eigenvalue weighted by atomic mass is 32.1. The van der Waals surface area contributed by atoms with Crippen molar-refractivity contribution in [3.8, 4) is 16.9 Å². The molecule has 0 radical (unpaired) electrons.